The van der Waals surface area contributed by atoms with Crippen molar-refractivity contribution in [1.29, 1.82) is 0 Å². The number of rotatable bonds is 8. The largest absolute Gasteiger partial charge is 0.506 e. The highest BCUT2D eigenvalue weighted by Crippen LogP contribution is 2.32. The number of nitrogens with zero attached hydrogens (tertiary/aromatic N) is 4. The lowest BCUT2D eigenvalue weighted by molar-refractivity contribution is 0.101. The van der Waals surface area contributed by atoms with E-state index in [9.17, 15) is 19.5 Å². The number of hydrogen-bond donors (Lipinski definition) is 3. The molecule has 0 radical (unpaired) electrons. The summed E-state index contributed by atoms with van der Waals surface area (Å²) in [7, 11) is 3.86. The molecule has 0 unspecified atom stereocenters. The first-order valence-corrected chi connectivity index (χ1v) is 12.0. The Labute approximate surface area is 223 Å². The summed E-state index contributed by atoms with van der Waals surface area (Å²) in [6.45, 7) is 1.23. The number of aromatic hydroxyl groups is 1. The maximum Gasteiger partial charge on any atom is 0.277 e. The first-order chi connectivity index (χ1) is 18.2. The van der Waals surface area contributed by atoms with Gasteiger partial charge >= 0.3 is 0 Å². The summed E-state index contributed by atoms with van der Waals surface area (Å²) in [6, 6.07) is 13.8. The maximum absolute atomic E-state index is 13.0. The Kier molecular flexibility index (Phi) is 8.15. The van der Waals surface area contributed by atoms with Gasteiger partial charge in [0.2, 0.25) is 0 Å². The third kappa shape index (κ3) is 6.23. The molecule has 10 nitrogen and oxygen atoms in total. The van der Waals surface area contributed by atoms with E-state index in [1.54, 1.807) is 41.2 Å². The first kappa shape index (κ1) is 26.5. The molecule has 0 spiro atoms. The molecule has 2 aromatic heterocycles. The summed E-state index contributed by atoms with van der Waals surface area (Å²) in [6.07, 6.45) is 4.55. The zero-order valence-corrected chi connectivity index (χ0v) is 21.4. The number of anilines is 2. The number of nitrogens with one attached hydrogen (secondary N) is 2. The normalized spacial score (nSPS) is 10.8. The number of likely N-dealkylation sites (N-methyl/N-ethyl adjacent to an activating group) is 1. The predicted octanol–water partition coefficient (Wildman–Crippen LogP) is 3.73. The summed E-state index contributed by atoms with van der Waals surface area (Å²) in [5.74, 6) is -1.30. The van der Waals surface area contributed by atoms with E-state index >= 15 is 0 Å². The molecule has 0 aliphatic carbocycles. The van der Waals surface area contributed by atoms with Gasteiger partial charge in [-0.2, -0.15) is 0 Å². The van der Waals surface area contributed by atoms with Crippen molar-refractivity contribution < 1.29 is 14.7 Å². The molecule has 2 heterocycles. The Hall–Kier alpha value is -4.54. The van der Waals surface area contributed by atoms with E-state index in [0.717, 1.165) is 0 Å². The molecule has 38 heavy (non-hydrogen) atoms. The van der Waals surface area contributed by atoms with Crippen LogP contribution in [0.15, 0.2) is 78.0 Å². The molecule has 0 saturated heterocycles. The van der Waals surface area contributed by atoms with Crippen molar-refractivity contribution in [2.24, 2.45) is 0 Å². The van der Waals surface area contributed by atoms with Crippen LogP contribution in [0, 0.1) is 0 Å². The van der Waals surface area contributed by atoms with Crippen LogP contribution < -0.4 is 16.2 Å². The average Bonchev–Trinajstić information content (AvgIpc) is 2.90. The fourth-order valence-electron chi connectivity index (χ4n) is 3.57. The van der Waals surface area contributed by atoms with Crippen molar-refractivity contribution in [2.45, 2.75) is 6.54 Å². The lowest BCUT2D eigenvalue weighted by Gasteiger charge is -2.14. The molecule has 0 fully saturated rings. The molecule has 0 aliphatic rings. The van der Waals surface area contributed by atoms with Crippen molar-refractivity contribution in [2.75, 3.05) is 31.3 Å². The molecular formula is C27H25ClN6O4. The third-order valence-electron chi connectivity index (χ3n) is 5.61. The molecule has 11 heteroatoms. The van der Waals surface area contributed by atoms with Gasteiger partial charge in [-0.15, -0.1) is 0 Å². The standard InChI is InChI=1S/C27H25ClN6O4/c1-33(2)14-15-34-13-12-29-23(27(34)38)17-6-8-18(9-7-17)25(36)32-24-20(4-3-5-22(24)35)31-26(37)21-11-10-19(28)16-30-21/h3-13,16,35H,14-15H2,1-2H3,(H,31,37)(H,32,36). The van der Waals surface area contributed by atoms with Crippen molar-refractivity contribution in [1.82, 2.24) is 19.4 Å². The van der Waals surface area contributed by atoms with Gasteiger partial charge in [0.05, 0.1) is 10.7 Å². The fourth-order valence-corrected chi connectivity index (χ4v) is 3.68. The van der Waals surface area contributed by atoms with E-state index in [2.05, 4.69) is 20.6 Å². The Bertz CT molecular complexity index is 1520. The van der Waals surface area contributed by atoms with Gasteiger partial charge in [0.15, 0.2) is 0 Å². The highest BCUT2D eigenvalue weighted by atomic mass is 35.5. The lowest BCUT2D eigenvalue weighted by Crippen LogP contribution is -2.27. The molecule has 2 aromatic carbocycles. The molecule has 0 bridgehead atoms. The van der Waals surface area contributed by atoms with Crippen LogP contribution in [0.5, 0.6) is 5.75 Å². The number of hydrogen-bond acceptors (Lipinski definition) is 7. The number of phenolic OH excluding ortho intramolecular Hbond substituents is 1. The molecule has 3 N–H and O–H groups in total. The second-order valence-corrected chi connectivity index (χ2v) is 9.06. The average molecular weight is 533 g/mol. The van der Waals surface area contributed by atoms with Crippen LogP contribution in [0.1, 0.15) is 20.8 Å². The summed E-state index contributed by atoms with van der Waals surface area (Å²) in [4.78, 5) is 48.6. The fraction of sp³-hybridized carbons (Fsp3) is 0.148. The number of aromatic nitrogens is 3. The molecule has 4 aromatic rings. The van der Waals surface area contributed by atoms with Crippen LogP contribution in [0.2, 0.25) is 5.02 Å². The van der Waals surface area contributed by atoms with Gasteiger partial charge in [0, 0.05) is 42.8 Å². The quantitative estimate of drug-likeness (QED) is 0.295. The van der Waals surface area contributed by atoms with Crippen molar-refractivity contribution >= 4 is 34.8 Å². The molecule has 0 aliphatic heterocycles. The van der Waals surface area contributed by atoms with E-state index in [1.807, 2.05) is 19.0 Å². The lowest BCUT2D eigenvalue weighted by atomic mass is 10.1. The zero-order valence-electron chi connectivity index (χ0n) is 20.7. The number of benzene rings is 2. The first-order valence-electron chi connectivity index (χ1n) is 11.6. The Balaban J connectivity index is 1.52. The number of amides is 2. The summed E-state index contributed by atoms with van der Waals surface area (Å²) >= 11 is 5.82. The van der Waals surface area contributed by atoms with Gasteiger partial charge in [0.1, 0.15) is 22.8 Å². The smallest absolute Gasteiger partial charge is 0.277 e. The molecule has 2 amide bonds. The molecule has 0 saturated carbocycles. The Morgan fingerprint density at radius 1 is 1.00 bits per heavy atom. The van der Waals surface area contributed by atoms with Crippen LogP contribution >= 0.6 is 11.6 Å². The second kappa shape index (κ2) is 11.7. The van der Waals surface area contributed by atoms with Crippen LogP contribution in [0.25, 0.3) is 11.3 Å². The van der Waals surface area contributed by atoms with Gasteiger partial charge in [0.25, 0.3) is 17.4 Å². The summed E-state index contributed by atoms with van der Waals surface area (Å²) < 4.78 is 1.59. The van der Waals surface area contributed by atoms with E-state index in [4.69, 9.17) is 11.6 Å². The zero-order chi connectivity index (χ0) is 27.2. The van der Waals surface area contributed by atoms with E-state index in [0.29, 0.717) is 23.7 Å². The van der Waals surface area contributed by atoms with E-state index < -0.39 is 11.8 Å². The van der Waals surface area contributed by atoms with Crippen molar-refractivity contribution in [3.05, 3.63) is 99.8 Å². The number of pyridine rings is 1. The van der Waals surface area contributed by atoms with Crippen molar-refractivity contribution in [3.8, 4) is 17.0 Å². The SMILES string of the molecule is CN(C)CCn1ccnc(-c2ccc(C(=O)Nc3c(O)cccc3NC(=O)c3ccc(Cl)cn3)cc2)c1=O. The van der Waals surface area contributed by atoms with Gasteiger partial charge in [-0.25, -0.2) is 9.97 Å². The molecule has 0 atom stereocenters. The second-order valence-electron chi connectivity index (χ2n) is 8.62. The number of para-hydroxylation sites is 1. The van der Waals surface area contributed by atoms with Crippen LogP contribution in [0.3, 0.4) is 0 Å². The predicted molar refractivity (Wildman–Crippen MR) is 146 cm³/mol. The van der Waals surface area contributed by atoms with Gasteiger partial charge in [-0.3, -0.25) is 14.4 Å². The molecule has 4 rings (SSSR count). The van der Waals surface area contributed by atoms with Crippen molar-refractivity contribution in [3.63, 3.8) is 0 Å². The van der Waals surface area contributed by atoms with Crippen LogP contribution in [-0.4, -0.2) is 57.0 Å². The Morgan fingerprint density at radius 3 is 2.45 bits per heavy atom. The minimum absolute atomic E-state index is 0.0254. The minimum Gasteiger partial charge on any atom is -0.506 e. The van der Waals surface area contributed by atoms with Gasteiger partial charge < -0.3 is 25.2 Å². The Morgan fingerprint density at radius 2 is 1.76 bits per heavy atom. The molecular weight excluding hydrogens is 508 g/mol. The summed E-state index contributed by atoms with van der Waals surface area (Å²) in [5, 5.41) is 16.0. The van der Waals surface area contributed by atoms with Crippen LogP contribution in [0.4, 0.5) is 11.4 Å². The number of carbonyl (C=O) groups is 2. The number of carbonyl (C=O) groups excluding carboxylic acids is 2. The highest BCUT2D eigenvalue weighted by molar-refractivity contribution is 6.30. The van der Waals surface area contributed by atoms with Crippen LogP contribution in [-0.2, 0) is 6.54 Å². The summed E-state index contributed by atoms with van der Waals surface area (Å²) in [5.41, 5.74) is 1.21. The van der Waals surface area contributed by atoms with Gasteiger partial charge in [-0.1, -0.05) is 29.8 Å². The van der Waals surface area contributed by atoms with E-state index in [1.165, 1.54) is 36.5 Å². The van der Waals surface area contributed by atoms with E-state index in [-0.39, 0.29) is 39.6 Å². The van der Waals surface area contributed by atoms with Gasteiger partial charge in [-0.05, 0) is 50.5 Å². The minimum atomic E-state index is -0.543. The topological polar surface area (TPSA) is 129 Å². The number of halogens is 1. The maximum atomic E-state index is 13.0. The third-order valence-corrected chi connectivity index (χ3v) is 5.84. The highest BCUT2D eigenvalue weighted by Gasteiger charge is 2.17. The monoisotopic (exact) mass is 532 g/mol. The number of phenols is 1. The molecule has 194 valence electrons.